The summed E-state index contributed by atoms with van der Waals surface area (Å²) in [7, 11) is 1.69. The molecule has 1 atom stereocenters. The van der Waals surface area contributed by atoms with Crippen molar-refractivity contribution < 1.29 is 14.3 Å². The highest BCUT2D eigenvalue weighted by molar-refractivity contribution is 5.73. The highest BCUT2D eigenvalue weighted by atomic mass is 16.6. The lowest BCUT2D eigenvalue weighted by molar-refractivity contribution is 0.129. The van der Waals surface area contributed by atoms with Crippen LogP contribution in [0.1, 0.15) is 40.5 Å². The maximum atomic E-state index is 11.7. The highest BCUT2D eigenvalue weighted by Crippen LogP contribution is 2.44. The zero-order chi connectivity index (χ0) is 13.8. The smallest absolute Gasteiger partial charge is 0.410 e. The predicted molar refractivity (Wildman–Crippen MR) is 71.6 cm³/mol. The average Bonchev–Trinajstić information content (AvgIpc) is 2.86. The Morgan fingerprint density at radius 3 is 2.67 bits per heavy atom. The number of ether oxygens (including phenoxy) is 2. The molecule has 1 amide bonds. The lowest BCUT2D eigenvalue weighted by Crippen LogP contribution is -2.19. The molecule has 104 valence electrons. The Hall–Kier alpha value is -1.03. The fourth-order valence-corrected chi connectivity index (χ4v) is 2.30. The molecule has 1 rings (SSSR count). The first-order valence-corrected chi connectivity index (χ1v) is 6.55. The van der Waals surface area contributed by atoms with Gasteiger partial charge in [0.2, 0.25) is 0 Å². The molecule has 0 aromatic rings. The Kier molecular flexibility index (Phi) is 5.20. The van der Waals surface area contributed by atoms with Gasteiger partial charge in [-0.25, -0.2) is 4.79 Å². The van der Waals surface area contributed by atoms with E-state index in [2.05, 4.69) is 26.8 Å². The van der Waals surface area contributed by atoms with Crippen molar-refractivity contribution in [3.05, 3.63) is 11.6 Å². The summed E-state index contributed by atoms with van der Waals surface area (Å²) in [6.45, 7) is 9.20. The second-order valence-electron chi connectivity index (χ2n) is 5.28. The molecule has 4 nitrogen and oxygen atoms in total. The van der Waals surface area contributed by atoms with Gasteiger partial charge >= 0.3 is 6.09 Å². The minimum atomic E-state index is -0.189. The molecule has 0 radical (unpaired) electrons. The van der Waals surface area contributed by atoms with Crippen LogP contribution in [0.25, 0.3) is 0 Å². The minimum Gasteiger partial charge on any atom is -0.450 e. The highest BCUT2D eigenvalue weighted by Gasteiger charge is 2.58. The Morgan fingerprint density at radius 2 is 2.11 bits per heavy atom. The van der Waals surface area contributed by atoms with Crippen LogP contribution in [0, 0.1) is 0 Å². The molecule has 1 aliphatic heterocycles. The van der Waals surface area contributed by atoms with Crippen LogP contribution in [0.15, 0.2) is 11.6 Å². The van der Waals surface area contributed by atoms with E-state index in [4.69, 9.17) is 9.47 Å². The SMILES string of the molecule is CCOC(=O)N1C(CC/C(C)=C/COC)C1(C)C. The van der Waals surface area contributed by atoms with E-state index in [0.29, 0.717) is 19.3 Å². The van der Waals surface area contributed by atoms with Gasteiger partial charge in [0.15, 0.2) is 0 Å². The summed E-state index contributed by atoms with van der Waals surface area (Å²) in [5.41, 5.74) is 1.25. The largest absolute Gasteiger partial charge is 0.450 e. The number of hydrogen-bond acceptors (Lipinski definition) is 3. The summed E-state index contributed by atoms with van der Waals surface area (Å²) in [5.74, 6) is 0. The normalized spacial score (nSPS) is 21.9. The van der Waals surface area contributed by atoms with Crippen LogP contribution in [0.4, 0.5) is 4.79 Å². The van der Waals surface area contributed by atoms with Crippen LogP contribution in [-0.2, 0) is 9.47 Å². The number of rotatable bonds is 6. The molecule has 1 saturated heterocycles. The molecule has 18 heavy (non-hydrogen) atoms. The molecule has 0 aliphatic carbocycles. The quantitative estimate of drug-likeness (QED) is 0.541. The molecule has 0 aromatic heterocycles. The first kappa shape index (κ1) is 15.0. The van der Waals surface area contributed by atoms with Gasteiger partial charge in [0.1, 0.15) is 0 Å². The van der Waals surface area contributed by atoms with Crippen molar-refractivity contribution >= 4 is 6.09 Å². The summed E-state index contributed by atoms with van der Waals surface area (Å²) in [4.78, 5) is 13.6. The van der Waals surface area contributed by atoms with E-state index in [1.54, 1.807) is 7.11 Å². The summed E-state index contributed by atoms with van der Waals surface area (Å²) in [6, 6.07) is 0.294. The van der Waals surface area contributed by atoms with Gasteiger partial charge < -0.3 is 9.47 Å². The van der Waals surface area contributed by atoms with E-state index < -0.39 is 0 Å². The molecular formula is C14H25NO3. The number of allylic oxidation sites excluding steroid dienone is 1. The number of nitrogens with zero attached hydrogens (tertiary/aromatic N) is 1. The van der Waals surface area contributed by atoms with Crippen molar-refractivity contribution in [1.29, 1.82) is 0 Å². The summed E-state index contributed by atoms with van der Waals surface area (Å²) in [5, 5.41) is 0. The molecule has 0 aromatic carbocycles. The third-order valence-electron chi connectivity index (χ3n) is 3.56. The number of hydrogen-bond donors (Lipinski definition) is 0. The lowest BCUT2D eigenvalue weighted by atomic mass is 10.0. The Labute approximate surface area is 110 Å². The Bertz CT molecular complexity index is 323. The maximum Gasteiger partial charge on any atom is 0.410 e. The molecule has 1 aliphatic rings. The van der Waals surface area contributed by atoms with E-state index in [1.807, 2.05) is 11.8 Å². The van der Waals surface area contributed by atoms with Crippen LogP contribution in [0.2, 0.25) is 0 Å². The van der Waals surface area contributed by atoms with E-state index in [9.17, 15) is 4.79 Å². The minimum absolute atomic E-state index is 0.0617. The molecule has 0 N–H and O–H groups in total. The van der Waals surface area contributed by atoms with Crippen molar-refractivity contribution in [2.24, 2.45) is 0 Å². The first-order valence-electron chi connectivity index (χ1n) is 6.55. The summed E-state index contributed by atoms with van der Waals surface area (Å²) in [6.07, 6.45) is 3.88. The van der Waals surface area contributed by atoms with Gasteiger partial charge in [0.25, 0.3) is 0 Å². The fraction of sp³-hybridized carbons (Fsp3) is 0.786. The fourth-order valence-electron chi connectivity index (χ4n) is 2.30. The summed E-state index contributed by atoms with van der Waals surface area (Å²) < 4.78 is 10.1. The zero-order valence-electron chi connectivity index (χ0n) is 12.2. The van der Waals surface area contributed by atoms with Crippen molar-refractivity contribution in [2.75, 3.05) is 20.3 Å². The lowest BCUT2D eigenvalue weighted by Gasteiger charge is -2.06. The zero-order valence-corrected chi connectivity index (χ0v) is 12.2. The third-order valence-corrected chi connectivity index (χ3v) is 3.56. The van der Waals surface area contributed by atoms with Crippen LogP contribution in [0.3, 0.4) is 0 Å². The van der Waals surface area contributed by atoms with Crippen molar-refractivity contribution in [2.45, 2.75) is 52.1 Å². The number of methoxy groups -OCH3 is 1. The molecule has 0 bridgehead atoms. The van der Waals surface area contributed by atoms with Crippen LogP contribution in [-0.4, -0.2) is 42.9 Å². The standard InChI is InChI=1S/C14H25NO3/c1-6-18-13(16)15-12(14(15,3)4)8-7-11(2)9-10-17-5/h9,12H,6-8,10H2,1-5H3/b11-9+. The molecule has 1 fully saturated rings. The molecule has 1 heterocycles. The van der Waals surface area contributed by atoms with Gasteiger partial charge in [0, 0.05) is 7.11 Å². The van der Waals surface area contributed by atoms with Gasteiger partial charge in [-0.15, -0.1) is 0 Å². The molecular weight excluding hydrogens is 230 g/mol. The molecule has 0 spiro atoms. The van der Waals surface area contributed by atoms with Crippen molar-refractivity contribution in [3.8, 4) is 0 Å². The predicted octanol–water partition coefficient (Wildman–Crippen LogP) is 2.98. The van der Waals surface area contributed by atoms with Crippen LogP contribution < -0.4 is 0 Å². The summed E-state index contributed by atoms with van der Waals surface area (Å²) >= 11 is 0. The van der Waals surface area contributed by atoms with E-state index in [0.717, 1.165) is 12.8 Å². The van der Waals surface area contributed by atoms with Gasteiger partial charge in [0.05, 0.1) is 24.8 Å². The molecule has 0 saturated carbocycles. The topological polar surface area (TPSA) is 38.5 Å². The number of carbonyl (C=O) groups excluding carboxylic acids is 1. The first-order chi connectivity index (χ1) is 8.45. The monoisotopic (exact) mass is 255 g/mol. The Morgan fingerprint density at radius 1 is 1.44 bits per heavy atom. The van der Waals surface area contributed by atoms with Crippen molar-refractivity contribution in [3.63, 3.8) is 0 Å². The average molecular weight is 255 g/mol. The van der Waals surface area contributed by atoms with Crippen LogP contribution >= 0.6 is 0 Å². The third kappa shape index (κ3) is 3.48. The molecule has 1 unspecified atom stereocenters. The maximum absolute atomic E-state index is 11.7. The second kappa shape index (κ2) is 6.23. The van der Waals surface area contributed by atoms with Gasteiger partial charge in [-0.3, -0.25) is 4.90 Å². The van der Waals surface area contributed by atoms with Crippen LogP contribution in [0.5, 0.6) is 0 Å². The number of amides is 1. The van der Waals surface area contributed by atoms with Gasteiger partial charge in [-0.1, -0.05) is 11.6 Å². The van der Waals surface area contributed by atoms with Gasteiger partial charge in [-0.2, -0.15) is 0 Å². The second-order valence-corrected chi connectivity index (χ2v) is 5.28. The number of carbonyl (C=O) groups is 1. The van der Waals surface area contributed by atoms with Gasteiger partial charge in [-0.05, 0) is 40.5 Å². The van der Waals surface area contributed by atoms with E-state index in [1.165, 1.54) is 5.57 Å². The Balaban J connectivity index is 2.42. The van der Waals surface area contributed by atoms with E-state index in [-0.39, 0.29) is 11.6 Å². The van der Waals surface area contributed by atoms with Crippen molar-refractivity contribution in [1.82, 2.24) is 4.90 Å². The van der Waals surface area contributed by atoms with E-state index >= 15 is 0 Å². The molecule has 4 heteroatoms.